The van der Waals surface area contributed by atoms with Crippen molar-refractivity contribution < 1.29 is 9.53 Å². The molecule has 31 heavy (non-hydrogen) atoms. The predicted molar refractivity (Wildman–Crippen MR) is 119 cm³/mol. The Bertz CT molecular complexity index is 1190. The van der Waals surface area contributed by atoms with Crippen LogP contribution in [0.2, 0.25) is 0 Å². The fraction of sp³-hybridized carbons (Fsp3) is 0.0769. The largest absolute Gasteiger partial charge is 0.457 e. The van der Waals surface area contributed by atoms with Crippen LogP contribution in [0.4, 0.5) is 0 Å². The summed E-state index contributed by atoms with van der Waals surface area (Å²) in [4.78, 5) is 12.9. The Morgan fingerprint density at radius 3 is 2.19 bits per heavy atom. The minimum Gasteiger partial charge on any atom is -0.457 e. The summed E-state index contributed by atoms with van der Waals surface area (Å²) in [7, 11) is 0. The average molecular weight is 407 g/mol. The molecule has 1 N–H and O–H groups in total. The van der Waals surface area contributed by atoms with Gasteiger partial charge < -0.3 is 14.6 Å². The molecule has 5 heteroatoms. The lowest BCUT2D eigenvalue weighted by Gasteiger charge is -2.12. The van der Waals surface area contributed by atoms with Gasteiger partial charge >= 0.3 is 0 Å². The molecular formula is C26H21N3O2. The molecule has 5 nitrogen and oxygen atoms in total. The zero-order valence-electron chi connectivity index (χ0n) is 16.9. The Balaban J connectivity index is 1.49. The van der Waals surface area contributed by atoms with E-state index in [4.69, 9.17) is 4.74 Å². The maximum atomic E-state index is 12.9. The third kappa shape index (κ3) is 4.82. The van der Waals surface area contributed by atoms with E-state index in [-0.39, 0.29) is 5.91 Å². The molecule has 1 aromatic heterocycles. The van der Waals surface area contributed by atoms with Crippen LogP contribution in [0.5, 0.6) is 11.5 Å². The predicted octanol–water partition coefficient (Wildman–Crippen LogP) is 5.11. The third-order valence-corrected chi connectivity index (χ3v) is 4.86. The highest BCUT2D eigenvalue weighted by molar-refractivity contribution is 5.95. The van der Waals surface area contributed by atoms with Gasteiger partial charge in [0, 0.05) is 18.4 Å². The Hall–Kier alpha value is -4.30. The van der Waals surface area contributed by atoms with Gasteiger partial charge in [0.15, 0.2) is 0 Å². The van der Waals surface area contributed by atoms with Crippen LogP contribution in [0.1, 0.15) is 21.6 Å². The number of benzene rings is 3. The number of para-hydroxylation sites is 1. The number of rotatable bonds is 7. The molecule has 0 unspecified atom stereocenters. The fourth-order valence-corrected chi connectivity index (χ4v) is 3.32. The van der Waals surface area contributed by atoms with Crippen molar-refractivity contribution in [2.75, 3.05) is 6.54 Å². The number of ether oxygens (including phenoxy) is 1. The molecule has 0 spiro atoms. The number of nitriles is 1. The molecule has 152 valence electrons. The van der Waals surface area contributed by atoms with Crippen molar-refractivity contribution in [1.82, 2.24) is 9.88 Å². The van der Waals surface area contributed by atoms with Gasteiger partial charge in [0.1, 0.15) is 23.3 Å². The summed E-state index contributed by atoms with van der Waals surface area (Å²) in [6, 6.07) is 30.6. The lowest BCUT2D eigenvalue weighted by Crippen LogP contribution is -2.28. The summed E-state index contributed by atoms with van der Waals surface area (Å²) in [6.45, 7) is 0.489. The number of carbonyl (C=O) groups is 1. The van der Waals surface area contributed by atoms with Crippen molar-refractivity contribution in [3.63, 3.8) is 0 Å². The Morgan fingerprint density at radius 2 is 1.52 bits per heavy atom. The van der Waals surface area contributed by atoms with Gasteiger partial charge in [-0.25, -0.2) is 0 Å². The highest BCUT2D eigenvalue weighted by atomic mass is 16.5. The van der Waals surface area contributed by atoms with E-state index < -0.39 is 0 Å². The summed E-state index contributed by atoms with van der Waals surface area (Å²) in [5, 5.41) is 12.4. The first-order valence-electron chi connectivity index (χ1n) is 10.0. The molecule has 4 aromatic rings. The van der Waals surface area contributed by atoms with Gasteiger partial charge in [0.2, 0.25) is 0 Å². The Morgan fingerprint density at radius 1 is 0.871 bits per heavy atom. The maximum Gasteiger partial charge on any atom is 0.269 e. The molecule has 0 saturated carbocycles. The van der Waals surface area contributed by atoms with Crippen LogP contribution in [0.25, 0.3) is 5.69 Å². The molecule has 0 bridgehead atoms. The summed E-state index contributed by atoms with van der Waals surface area (Å²) in [5.41, 5.74) is 2.58. The van der Waals surface area contributed by atoms with Crippen molar-refractivity contribution in [1.29, 1.82) is 5.26 Å². The van der Waals surface area contributed by atoms with E-state index >= 15 is 0 Å². The minimum absolute atomic E-state index is 0.276. The SMILES string of the molecule is N#Cc1ccn(-c2ccc(Oc3ccccc3)cc2)c1C(=O)NCCc1ccccc1. The van der Waals surface area contributed by atoms with Crippen molar-refractivity contribution in [3.05, 3.63) is 114 Å². The van der Waals surface area contributed by atoms with Gasteiger partial charge in [0.05, 0.1) is 5.56 Å². The summed E-state index contributed by atoms with van der Waals surface area (Å²) in [5.74, 6) is 1.17. The number of aromatic nitrogens is 1. The van der Waals surface area contributed by atoms with Crippen LogP contribution in [-0.2, 0) is 6.42 Å². The van der Waals surface area contributed by atoms with Crippen molar-refractivity contribution >= 4 is 5.91 Å². The van der Waals surface area contributed by atoms with E-state index in [2.05, 4.69) is 11.4 Å². The van der Waals surface area contributed by atoms with E-state index in [0.717, 1.165) is 23.4 Å². The van der Waals surface area contributed by atoms with Crippen LogP contribution in [0.3, 0.4) is 0 Å². The number of carbonyl (C=O) groups excluding carboxylic acids is 1. The lowest BCUT2D eigenvalue weighted by atomic mass is 10.1. The molecule has 1 amide bonds. The van der Waals surface area contributed by atoms with Crippen LogP contribution < -0.4 is 10.1 Å². The molecule has 4 rings (SSSR count). The van der Waals surface area contributed by atoms with Gasteiger partial charge in [-0.3, -0.25) is 4.79 Å². The minimum atomic E-state index is -0.276. The Labute approximate surface area is 181 Å². The highest BCUT2D eigenvalue weighted by Crippen LogP contribution is 2.24. The van der Waals surface area contributed by atoms with Gasteiger partial charge in [-0.2, -0.15) is 5.26 Å². The first-order chi connectivity index (χ1) is 15.2. The molecule has 1 heterocycles. The van der Waals surface area contributed by atoms with E-state index in [1.807, 2.05) is 84.9 Å². The smallest absolute Gasteiger partial charge is 0.269 e. The number of hydrogen-bond acceptors (Lipinski definition) is 3. The van der Waals surface area contributed by atoms with E-state index in [1.165, 1.54) is 0 Å². The second kappa shape index (κ2) is 9.47. The van der Waals surface area contributed by atoms with Crippen molar-refractivity contribution in [3.8, 4) is 23.3 Å². The van der Waals surface area contributed by atoms with Crippen molar-refractivity contribution in [2.24, 2.45) is 0 Å². The molecule has 0 fully saturated rings. The molecule has 0 aliphatic heterocycles. The summed E-state index contributed by atoms with van der Waals surface area (Å²) in [6.07, 6.45) is 2.46. The number of amides is 1. The van der Waals surface area contributed by atoms with Crippen LogP contribution in [0, 0.1) is 11.3 Å². The monoisotopic (exact) mass is 407 g/mol. The normalized spacial score (nSPS) is 10.3. The first-order valence-corrected chi connectivity index (χ1v) is 10.0. The van der Waals surface area contributed by atoms with Gasteiger partial charge in [-0.1, -0.05) is 48.5 Å². The quantitative estimate of drug-likeness (QED) is 0.463. The first kappa shape index (κ1) is 20.0. The standard InChI is InChI=1S/C26H21N3O2/c27-19-21-16-18-29(25(21)26(30)28-17-15-20-7-3-1-4-8-20)22-11-13-24(14-12-22)31-23-9-5-2-6-10-23/h1-14,16,18H,15,17H2,(H,28,30). The summed E-state index contributed by atoms with van der Waals surface area (Å²) >= 11 is 0. The van der Waals surface area contributed by atoms with Crippen LogP contribution in [0.15, 0.2) is 97.2 Å². The molecular weight excluding hydrogens is 386 g/mol. The zero-order chi connectivity index (χ0) is 21.5. The Kier molecular flexibility index (Phi) is 6.10. The average Bonchev–Trinajstić information content (AvgIpc) is 3.25. The molecule has 3 aromatic carbocycles. The molecule has 0 aliphatic carbocycles. The van der Waals surface area contributed by atoms with E-state index in [1.54, 1.807) is 16.8 Å². The third-order valence-electron chi connectivity index (χ3n) is 4.86. The second-order valence-electron chi connectivity index (χ2n) is 6.96. The topological polar surface area (TPSA) is 67.0 Å². The molecule has 0 saturated heterocycles. The van der Waals surface area contributed by atoms with Gasteiger partial charge in [-0.05, 0) is 54.4 Å². The maximum absolute atomic E-state index is 12.9. The van der Waals surface area contributed by atoms with E-state index in [9.17, 15) is 10.1 Å². The van der Waals surface area contributed by atoms with Crippen LogP contribution >= 0.6 is 0 Å². The highest BCUT2D eigenvalue weighted by Gasteiger charge is 2.18. The fourth-order valence-electron chi connectivity index (χ4n) is 3.32. The summed E-state index contributed by atoms with van der Waals surface area (Å²) < 4.78 is 7.55. The number of hydrogen-bond donors (Lipinski definition) is 1. The molecule has 0 radical (unpaired) electrons. The van der Waals surface area contributed by atoms with Gasteiger partial charge in [0.25, 0.3) is 5.91 Å². The molecule has 0 aliphatic rings. The van der Waals surface area contributed by atoms with Crippen LogP contribution in [-0.4, -0.2) is 17.0 Å². The van der Waals surface area contributed by atoms with Crippen molar-refractivity contribution in [2.45, 2.75) is 6.42 Å². The lowest BCUT2D eigenvalue weighted by molar-refractivity contribution is 0.0947. The van der Waals surface area contributed by atoms with E-state index in [0.29, 0.717) is 23.6 Å². The van der Waals surface area contributed by atoms with Gasteiger partial charge in [-0.15, -0.1) is 0 Å². The number of nitrogens with one attached hydrogen (secondary N) is 1. The number of nitrogens with zero attached hydrogens (tertiary/aromatic N) is 2. The molecule has 0 atom stereocenters. The second-order valence-corrected chi connectivity index (χ2v) is 6.96. The zero-order valence-corrected chi connectivity index (χ0v) is 16.9.